The second-order valence-electron chi connectivity index (χ2n) is 5.30. The van der Waals surface area contributed by atoms with Crippen LogP contribution in [-0.2, 0) is 0 Å². The molecule has 1 N–H and O–H groups in total. The Bertz CT molecular complexity index is 411. The van der Waals surface area contributed by atoms with Crippen molar-refractivity contribution >= 4 is 5.95 Å². The highest BCUT2D eigenvalue weighted by atomic mass is 19.4. The monoisotopic (exact) mass is 288 g/mol. The number of aromatic nitrogens is 2. The van der Waals surface area contributed by atoms with E-state index < -0.39 is 12.7 Å². The van der Waals surface area contributed by atoms with Crippen LogP contribution in [0.2, 0.25) is 0 Å². The first kappa shape index (κ1) is 15.0. The van der Waals surface area contributed by atoms with Crippen molar-refractivity contribution < 1.29 is 13.2 Å². The quantitative estimate of drug-likeness (QED) is 0.924. The molecule has 0 aromatic carbocycles. The summed E-state index contributed by atoms with van der Waals surface area (Å²) in [5, 5.41) is 3.14. The second kappa shape index (κ2) is 6.39. The fraction of sp³-hybridized carbons (Fsp3) is 0.692. The molecule has 112 valence electrons. The minimum Gasteiger partial charge on any atom is -0.354 e. The SMILES string of the molecule is Cc1cnc(NCC2CCN(CC(F)(F)F)CC2)nc1. The molecule has 1 saturated heterocycles. The molecule has 1 aromatic heterocycles. The lowest BCUT2D eigenvalue weighted by molar-refractivity contribution is -0.148. The van der Waals surface area contributed by atoms with Crippen LogP contribution in [0.5, 0.6) is 0 Å². The fourth-order valence-corrected chi connectivity index (χ4v) is 2.32. The van der Waals surface area contributed by atoms with Gasteiger partial charge in [-0.05, 0) is 44.3 Å². The first-order chi connectivity index (χ1) is 9.42. The molecule has 2 heterocycles. The molecule has 4 nitrogen and oxygen atoms in total. The lowest BCUT2D eigenvalue weighted by Gasteiger charge is -2.32. The van der Waals surface area contributed by atoms with Crippen molar-refractivity contribution in [3.8, 4) is 0 Å². The van der Waals surface area contributed by atoms with Gasteiger partial charge in [-0.1, -0.05) is 0 Å². The summed E-state index contributed by atoms with van der Waals surface area (Å²) in [6.45, 7) is 2.83. The maximum absolute atomic E-state index is 12.3. The zero-order valence-electron chi connectivity index (χ0n) is 11.5. The summed E-state index contributed by atoms with van der Waals surface area (Å²) in [6.07, 6.45) is 0.924. The van der Waals surface area contributed by atoms with Crippen molar-refractivity contribution in [3.05, 3.63) is 18.0 Å². The number of nitrogens with zero attached hydrogens (tertiary/aromatic N) is 3. The first-order valence-electron chi connectivity index (χ1n) is 6.74. The predicted octanol–water partition coefficient (Wildman–Crippen LogP) is 2.47. The van der Waals surface area contributed by atoms with Crippen molar-refractivity contribution in [1.29, 1.82) is 0 Å². The van der Waals surface area contributed by atoms with Gasteiger partial charge in [0.05, 0.1) is 6.54 Å². The van der Waals surface area contributed by atoms with Gasteiger partial charge >= 0.3 is 6.18 Å². The van der Waals surface area contributed by atoms with Crippen LogP contribution < -0.4 is 5.32 Å². The molecule has 0 atom stereocenters. The second-order valence-corrected chi connectivity index (χ2v) is 5.30. The predicted molar refractivity (Wildman–Crippen MR) is 70.5 cm³/mol. The van der Waals surface area contributed by atoms with Gasteiger partial charge in [-0.2, -0.15) is 13.2 Å². The number of hydrogen-bond donors (Lipinski definition) is 1. The molecule has 20 heavy (non-hydrogen) atoms. The minimum absolute atomic E-state index is 0.379. The maximum atomic E-state index is 12.3. The van der Waals surface area contributed by atoms with Gasteiger partial charge in [0, 0.05) is 18.9 Å². The summed E-state index contributed by atoms with van der Waals surface area (Å²) in [5.74, 6) is 0.956. The summed E-state index contributed by atoms with van der Waals surface area (Å²) >= 11 is 0. The van der Waals surface area contributed by atoms with Crippen LogP contribution in [0.3, 0.4) is 0 Å². The van der Waals surface area contributed by atoms with Crippen LogP contribution in [0.1, 0.15) is 18.4 Å². The first-order valence-corrected chi connectivity index (χ1v) is 6.74. The van der Waals surface area contributed by atoms with E-state index in [1.165, 1.54) is 4.90 Å². The molecule has 1 aromatic rings. The Morgan fingerprint density at radius 3 is 2.40 bits per heavy atom. The molecule has 1 fully saturated rings. The lowest BCUT2D eigenvalue weighted by Crippen LogP contribution is -2.41. The van der Waals surface area contributed by atoms with Gasteiger partial charge in [0.15, 0.2) is 0 Å². The summed E-state index contributed by atoms with van der Waals surface area (Å²) in [6, 6.07) is 0. The summed E-state index contributed by atoms with van der Waals surface area (Å²) in [5.41, 5.74) is 0.996. The van der Waals surface area contributed by atoms with E-state index in [9.17, 15) is 13.2 Å². The normalized spacial score (nSPS) is 18.2. The Labute approximate surface area is 116 Å². The summed E-state index contributed by atoms with van der Waals surface area (Å²) < 4.78 is 36.8. The third-order valence-electron chi connectivity index (χ3n) is 3.44. The Kier molecular flexibility index (Phi) is 4.80. The van der Waals surface area contributed by atoms with Gasteiger partial charge in [0.2, 0.25) is 5.95 Å². The Morgan fingerprint density at radius 1 is 1.25 bits per heavy atom. The number of piperidine rings is 1. The van der Waals surface area contributed by atoms with Gasteiger partial charge in [-0.15, -0.1) is 0 Å². The molecule has 1 aliphatic rings. The number of hydrogen-bond acceptors (Lipinski definition) is 4. The van der Waals surface area contributed by atoms with E-state index in [1.54, 1.807) is 12.4 Å². The van der Waals surface area contributed by atoms with E-state index in [1.807, 2.05) is 6.92 Å². The third-order valence-corrected chi connectivity index (χ3v) is 3.44. The Balaban J connectivity index is 1.70. The van der Waals surface area contributed by atoms with Crippen molar-refractivity contribution in [3.63, 3.8) is 0 Å². The number of rotatable bonds is 4. The molecule has 0 bridgehead atoms. The molecule has 0 radical (unpaired) electrons. The van der Waals surface area contributed by atoms with Crippen LogP contribution in [-0.4, -0.2) is 47.2 Å². The van der Waals surface area contributed by atoms with E-state index in [0.717, 1.165) is 18.4 Å². The van der Waals surface area contributed by atoms with Crippen LogP contribution in [0.25, 0.3) is 0 Å². The van der Waals surface area contributed by atoms with Gasteiger partial charge < -0.3 is 5.32 Å². The van der Waals surface area contributed by atoms with Crippen molar-refractivity contribution in [2.45, 2.75) is 25.9 Å². The zero-order valence-corrected chi connectivity index (χ0v) is 11.5. The highest BCUT2D eigenvalue weighted by Gasteiger charge is 2.32. The summed E-state index contributed by atoms with van der Waals surface area (Å²) in [4.78, 5) is 9.76. The van der Waals surface area contributed by atoms with E-state index in [0.29, 0.717) is 31.5 Å². The standard InChI is InChI=1S/C13H19F3N4/c1-10-6-17-12(18-7-10)19-8-11-2-4-20(5-3-11)9-13(14,15)16/h6-7,11H,2-5,8-9H2,1H3,(H,17,18,19). The number of likely N-dealkylation sites (tertiary alicyclic amines) is 1. The number of halogens is 3. The van der Waals surface area contributed by atoms with Crippen LogP contribution in [0.4, 0.5) is 19.1 Å². The molecular weight excluding hydrogens is 269 g/mol. The summed E-state index contributed by atoms with van der Waals surface area (Å²) in [7, 11) is 0. The lowest BCUT2D eigenvalue weighted by atomic mass is 9.97. The molecule has 0 spiro atoms. The van der Waals surface area contributed by atoms with Gasteiger partial charge in [0.1, 0.15) is 0 Å². The fourth-order valence-electron chi connectivity index (χ4n) is 2.32. The van der Waals surface area contributed by atoms with Crippen LogP contribution in [0, 0.1) is 12.8 Å². The number of aryl methyl sites for hydroxylation is 1. The molecule has 1 aliphatic heterocycles. The van der Waals surface area contributed by atoms with Gasteiger partial charge in [0.25, 0.3) is 0 Å². The maximum Gasteiger partial charge on any atom is 0.401 e. The van der Waals surface area contributed by atoms with Crippen molar-refractivity contribution in [2.24, 2.45) is 5.92 Å². The number of nitrogens with one attached hydrogen (secondary N) is 1. The van der Waals surface area contributed by atoms with Gasteiger partial charge in [-0.3, -0.25) is 4.90 Å². The molecule has 0 aliphatic carbocycles. The molecular formula is C13H19F3N4. The van der Waals surface area contributed by atoms with Crippen molar-refractivity contribution in [2.75, 3.05) is 31.5 Å². The minimum atomic E-state index is -4.10. The highest BCUT2D eigenvalue weighted by molar-refractivity contribution is 5.24. The molecule has 0 unspecified atom stereocenters. The zero-order chi connectivity index (χ0) is 14.6. The smallest absolute Gasteiger partial charge is 0.354 e. The highest BCUT2D eigenvalue weighted by Crippen LogP contribution is 2.22. The van der Waals surface area contributed by atoms with Crippen LogP contribution in [0.15, 0.2) is 12.4 Å². The van der Waals surface area contributed by atoms with E-state index in [4.69, 9.17) is 0 Å². The third kappa shape index (κ3) is 4.96. The topological polar surface area (TPSA) is 41.1 Å². The average Bonchev–Trinajstić information content (AvgIpc) is 2.38. The van der Waals surface area contributed by atoms with E-state index >= 15 is 0 Å². The van der Waals surface area contributed by atoms with E-state index in [-0.39, 0.29) is 0 Å². The Hall–Kier alpha value is -1.37. The van der Waals surface area contributed by atoms with E-state index in [2.05, 4.69) is 15.3 Å². The van der Waals surface area contributed by atoms with Crippen LogP contribution >= 0.6 is 0 Å². The molecule has 2 rings (SSSR count). The molecule has 0 saturated carbocycles. The largest absolute Gasteiger partial charge is 0.401 e. The Morgan fingerprint density at radius 2 is 1.85 bits per heavy atom. The average molecular weight is 288 g/mol. The molecule has 7 heteroatoms. The number of alkyl halides is 3. The number of anilines is 1. The molecule has 0 amide bonds. The van der Waals surface area contributed by atoms with Crippen molar-refractivity contribution in [1.82, 2.24) is 14.9 Å². The van der Waals surface area contributed by atoms with Gasteiger partial charge in [-0.25, -0.2) is 9.97 Å².